The van der Waals surface area contributed by atoms with E-state index in [1.165, 1.54) is 6.08 Å². The van der Waals surface area contributed by atoms with Gasteiger partial charge in [0, 0.05) is 0 Å². The Hall–Kier alpha value is -0.435. The van der Waals surface area contributed by atoms with E-state index in [1.807, 2.05) is 13.2 Å². The minimum Gasteiger partial charge on any atom is -0.299 e. The summed E-state index contributed by atoms with van der Waals surface area (Å²) in [5.74, 6) is 0. The number of aldehydes is 1. The molecule has 10 heavy (non-hydrogen) atoms. The molecular formula is C7H9BOS. The zero-order valence-corrected chi connectivity index (χ0v) is 6.94. The molecule has 0 aromatic heterocycles. The summed E-state index contributed by atoms with van der Waals surface area (Å²) in [5, 5.41) is 0. The normalized spacial score (nSPS) is 13.4. The number of hydrogen-bond acceptors (Lipinski definition) is 2. The van der Waals surface area contributed by atoms with Gasteiger partial charge in [-0.15, -0.1) is 11.8 Å². The zero-order chi connectivity index (χ0) is 7.98. The minimum atomic E-state index is 0.652. The summed E-state index contributed by atoms with van der Waals surface area (Å²) in [6.07, 6.45) is 5.63. The molecule has 0 aromatic rings. The molecule has 0 saturated heterocycles. The minimum absolute atomic E-state index is 0.652. The standard InChI is InChI=1S/C7H9BOS/c1-6(10-2)7(8)4-3-5-9/h3-5H,1-2H3/b4-3+,7-6+. The van der Waals surface area contributed by atoms with Gasteiger partial charge >= 0.3 is 0 Å². The molecule has 3 heteroatoms. The molecule has 0 aliphatic heterocycles. The fourth-order valence-electron chi connectivity index (χ4n) is 0.378. The average Bonchev–Trinajstić information content (AvgIpc) is 1.98. The van der Waals surface area contributed by atoms with Gasteiger partial charge in [-0.1, -0.05) is 11.5 Å². The third-order valence-corrected chi connectivity index (χ3v) is 1.92. The van der Waals surface area contributed by atoms with Crippen LogP contribution in [0.15, 0.2) is 22.5 Å². The molecule has 0 fully saturated rings. The van der Waals surface area contributed by atoms with Gasteiger partial charge < -0.3 is 0 Å². The fourth-order valence-corrected chi connectivity index (χ4v) is 0.682. The highest BCUT2D eigenvalue weighted by atomic mass is 32.2. The molecule has 0 aromatic carbocycles. The summed E-state index contributed by atoms with van der Waals surface area (Å²) in [7, 11) is 5.53. The summed E-state index contributed by atoms with van der Waals surface area (Å²) < 4.78 is 0. The van der Waals surface area contributed by atoms with Crippen LogP contribution in [0.25, 0.3) is 0 Å². The van der Waals surface area contributed by atoms with Crippen molar-refractivity contribution in [2.45, 2.75) is 6.92 Å². The second-order valence-corrected chi connectivity index (χ2v) is 2.73. The molecule has 0 saturated carbocycles. The van der Waals surface area contributed by atoms with Crippen LogP contribution in [0.4, 0.5) is 0 Å². The van der Waals surface area contributed by atoms with Crippen LogP contribution < -0.4 is 0 Å². The Morgan fingerprint density at radius 1 is 1.60 bits per heavy atom. The number of carbonyl (C=O) groups is 1. The van der Waals surface area contributed by atoms with Crippen LogP contribution in [0.1, 0.15) is 6.92 Å². The number of rotatable bonds is 3. The maximum atomic E-state index is 9.85. The van der Waals surface area contributed by atoms with Gasteiger partial charge in [0.05, 0.1) is 0 Å². The molecule has 0 N–H and O–H groups in total. The lowest BCUT2D eigenvalue weighted by Gasteiger charge is -1.97. The van der Waals surface area contributed by atoms with Crippen molar-refractivity contribution in [1.82, 2.24) is 0 Å². The Labute approximate surface area is 67.0 Å². The summed E-state index contributed by atoms with van der Waals surface area (Å²) in [4.78, 5) is 10.9. The van der Waals surface area contributed by atoms with Crippen molar-refractivity contribution in [3.05, 3.63) is 22.5 Å². The number of carbonyl (C=O) groups excluding carboxylic acids is 1. The van der Waals surface area contributed by atoms with Gasteiger partial charge in [-0.3, -0.25) is 4.79 Å². The van der Waals surface area contributed by atoms with E-state index in [9.17, 15) is 4.79 Å². The van der Waals surface area contributed by atoms with E-state index in [2.05, 4.69) is 0 Å². The highest BCUT2D eigenvalue weighted by Gasteiger charge is 1.87. The van der Waals surface area contributed by atoms with Gasteiger partial charge in [0.2, 0.25) is 0 Å². The van der Waals surface area contributed by atoms with E-state index < -0.39 is 0 Å². The fraction of sp³-hybridized carbons (Fsp3) is 0.286. The van der Waals surface area contributed by atoms with E-state index in [4.69, 9.17) is 7.85 Å². The Bertz CT molecular complexity index is 172. The number of allylic oxidation sites excluding steroid dienone is 4. The van der Waals surface area contributed by atoms with Crippen LogP contribution in [-0.4, -0.2) is 20.4 Å². The molecule has 0 rings (SSSR count). The highest BCUT2D eigenvalue weighted by Crippen LogP contribution is 2.13. The quantitative estimate of drug-likeness (QED) is 0.264. The van der Waals surface area contributed by atoms with Gasteiger partial charge in [0.15, 0.2) is 0 Å². The van der Waals surface area contributed by atoms with Gasteiger partial charge in [0.1, 0.15) is 14.1 Å². The second kappa shape index (κ2) is 5.36. The lowest BCUT2D eigenvalue weighted by atomic mass is 9.95. The number of thioether (sulfide) groups is 1. The van der Waals surface area contributed by atoms with E-state index >= 15 is 0 Å². The highest BCUT2D eigenvalue weighted by molar-refractivity contribution is 8.02. The van der Waals surface area contributed by atoms with Crippen LogP contribution in [-0.2, 0) is 4.79 Å². The van der Waals surface area contributed by atoms with E-state index in [0.717, 1.165) is 4.91 Å². The predicted octanol–water partition coefficient (Wildman–Crippen LogP) is 1.50. The van der Waals surface area contributed by atoms with Crippen LogP contribution in [0, 0.1) is 0 Å². The first-order valence-electron chi connectivity index (χ1n) is 2.84. The molecule has 1 nitrogen and oxygen atoms in total. The van der Waals surface area contributed by atoms with E-state index in [1.54, 1.807) is 17.8 Å². The van der Waals surface area contributed by atoms with Crippen molar-refractivity contribution in [2.24, 2.45) is 0 Å². The van der Waals surface area contributed by atoms with Crippen LogP contribution in [0.5, 0.6) is 0 Å². The first-order chi connectivity index (χ1) is 4.72. The zero-order valence-electron chi connectivity index (χ0n) is 6.13. The van der Waals surface area contributed by atoms with Crippen LogP contribution in [0.3, 0.4) is 0 Å². The largest absolute Gasteiger partial charge is 0.299 e. The molecule has 52 valence electrons. The SMILES string of the molecule is [B]C(/C=C/C=O)=C(\C)SC. The van der Waals surface area contributed by atoms with Crippen LogP contribution >= 0.6 is 11.8 Å². The Balaban J connectivity index is 4.17. The van der Waals surface area contributed by atoms with Crippen molar-refractivity contribution in [3.8, 4) is 0 Å². The van der Waals surface area contributed by atoms with Crippen LogP contribution in [0.2, 0.25) is 0 Å². The van der Waals surface area contributed by atoms with Crippen molar-refractivity contribution in [1.29, 1.82) is 0 Å². The Morgan fingerprint density at radius 2 is 2.20 bits per heavy atom. The van der Waals surface area contributed by atoms with E-state index in [0.29, 0.717) is 11.8 Å². The third-order valence-electron chi connectivity index (χ3n) is 1.07. The van der Waals surface area contributed by atoms with Gasteiger partial charge in [0.25, 0.3) is 0 Å². The van der Waals surface area contributed by atoms with E-state index in [-0.39, 0.29) is 0 Å². The molecule has 0 heterocycles. The lowest BCUT2D eigenvalue weighted by molar-refractivity contribution is -0.104. The smallest absolute Gasteiger partial charge is 0.142 e. The molecular weight excluding hydrogens is 143 g/mol. The molecule has 0 spiro atoms. The molecule has 0 aliphatic carbocycles. The van der Waals surface area contributed by atoms with Crippen molar-refractivity contribution in [3.63, 3.8) is 0 Å². The van der Waals surface area contributed by atoms with Gasteiger partial charge in [-0.25, -0.2) is 0 Å². The summed E-state index contributed by atoms with van der Waals surface area (Å²) in [6.45, 7) is 1.91. The maximum Gasteiger partial charge on any atom is 0.142 e. The maximum absolute atomic E-state index is 9.85. The molecule has 0 atom stereocenters. The molecule has 0 amide bonds. The van der Waals surface area contributed by atoms with Gasteiger partial charge in [-0.2, -0.15) is 0 Å². The first kappa shape index (κ1) is 9.56. The lowest BCUT2D eigenvalue weighted by Crippen LogP contribution is -1.79. The number of hydrogen-bond donors (Lipinski definition) is 0. The molecule has 0 bridgehead atoms. The van der Waals surface area contributed by atoms with Crippen molar-refractivity contribution >= 4 is 25.9 Å². The summed E-state index contributed by atoms with van der Waals surface area (Å²) in [5.41, 5.74) is 0.652. The topological polar surface area (TPSA) is 17.1 Å². The summed E-state index contributed by atoms with van der Waals surface area (Å²) in [6, 6.07) is 0. The molecule has 2 radical (unpaired) electrons. The van der Waals surface area contributed by atoms with Crippen molar-refractivity contribution < 1.29 is 4.79 Å². The Morgan fingerprint density at radius 3 is 2.60 bits per heavy atom. The predicted molar refractivity (Wildman–Crippen MR) is 47.2 cm³/mol. The van der Waals surface area contributed by atoms with Gasteiger partial charge in [-0.05, 0) is 24.2 Å². The summed E-state index contributed by atoms with van der Waals surface area (Å²) >= 11 is 1.57. The average molecular weight is 152 g/mol. The van der Waals surface area contributed by atoms with Crippen molar-refractivity contribution in [2.75, 3.05) is 6.26 Å². The first-order valence-corrected chi connectivity index (χ1v) is 4.07. The third kappa shape index (κ3) is 3.56. The monoisotopic (exact) mass is 152 g/mol. The molecule has 0 aliphatic rings. The molecule has 0 unspecified atom stereocenters. The Kier molecular flexibility index (Phi) is 5.12. The second-order valence-electron chi connectivity index (χ2n) is 1.71.